The van der Waals surface area contributed by atoms with Crippen LogP contribution in [-0.4, -0.2) is 59.3 Å². The molecule has 2 amide bonds. The van der Waals surface area contributed by atoms with Gasteiger partial charge < -0.3 is 25.6 Å². The summed E-state index contributed by atoms with van der Waals surface area (Å²) in [5.74, 6) is -2.28. The molecule has 2 unspecified atom stereocenters. The summed E-state index contributed by atoms with van der Waals surface area (Å²) in [5.41, 5.74) is 0. The fraction of sp³-hybridized carbons (Fsp3) is 0.875. The van der Waals surface area contributed by atoms with Gasteiger partial charge in [0.25, 0.3) is 0 Å². The number of rotatable bonds is 44. The van der Waals surface area contributed by atoms with Crippen LogP contribution in [0.15, 0.2) is 12.2 Å². The highest BCUT2D eigenvalue weighted by molar-refractivity contribution is 5.87. The van der Waals surface area contributed by atoms with Crippen molar-refractivity contribution in [2.45, 2.75) is 257 Å². The molecule has 0 spiro atoms. The molecule has 57 heavy (non-hydrogen) atoms. The number of esters is 1. The zero-order valence-corrected chi connectivity index (χ0v) is 37.1. The van der Waals surface area contributed by atoms with Crippen LogP contribution in [-0.2, 0) is 23.9 Å². The van der Waals surface area contributed by atoms with Gasteiger partial charge >= 0.3 is 11.9 Å². The Balaban J connectivity index is 4.32. The molecular formula is C48H90N2O7. The van der Waals surface area contributed by atoms with Crippen LogP contribution in [0.1, 0.15) is 245 Å². The quantitative estimate of drug-likeness (QED) is 0.0273. The lowest BCUT2D eigenvalue weighted by molar-refractivity contribution is -0.150. The fourth-order valence-corrected chi connectivity index (χ4v) is 7.30. The van der Waals surface area contributed by atoms with Crippen molar-refractivity contribution in [3.05, 3.63) is 12.2 Å². The molecule has 0 rings (SSSR count). The Hall–Kier alpha value is -2.42. The number of amides is 2. The van der Waals surface area contributed by atoms with Crippen molar-refractivity contribution in [2.75, 3.05) is 13.2 Å². The minimum absolute atomic E-state index is 0.0230. The third-order valence-corrected chi connectivity index (χ3v) is 11.0. The van der Waals surface area contributed by atoms with Crippen molar-refractivity contribution in [1.29, 1.82) is 0 Å². The zero-order chi connectivity index (χ0) is 41.9. The Bertz CT molecular complexity index is 972. The average Bonchev–Trinajstić information content (AvgIpc) is 3.20. The first kappa shape index (κ1) is 54.6. The number of carboxylic acid groups (broad SMARTS) is 1. The van der Waals surface area contributed by atoms with Crippen molar-refractivity contribution in [3.8, 4) is 0 Å². The molecule has 9 heteroatoms. The molecule has 0 bridgehead atoms. The molecule has 0 aromatic carbocycles. The van der Waals surface area contributed by atoms with E-state index in [1.54, 1.807) is 0 Å². The number of nitrogens with one attached hydrogen (secondary N) is 2. The maximum Gasteiger partial charge on any atom is 0.328 e. The Morgan fingerprint density at radius 3 is 1.33 bits per heavy atom. The van der Waals surface area contributed by atoms with Gasteiger partial charge in [0, 0.05) is 12.8 Å². The van der Waals surface area contributed by atoms with Crippen LogP contribution in [0.5, 0.6) is 0 Å². The molecule has 0 fully saturated rings. The average molecular weight is 807 g/mol. The molecular weight excluding hydrogens is 717 g/mol. The summed E-state index contributed by atoms with van der Waals surface area (Å²) in [6.07, 6.45) is 46.7. The number of carboxylic acids is 1. The van der Waals surface area contributed by atoms with E-state index < -0.39 is 24.5 Å². The SMILES string of the molecule is CCCCCCCCCC/C=C\CCCCCC(CCCCCCCC(=O)NCC(=O)NC(CO)C(=O)O)OC(=O)CCCCCCCCCCCCCCCC. The van der Waals surface area contributed by atoms with E-state index in [0.29, 0.717) is 19.3 Å². The van der Waals surface area contributed by atoms with Gasteiger partial charge in [0.05, 0.1) is 13.2 Å². The lowest BCUT2D eigenvalue weighted by Gasteiger charge is -2.18. The van der Waals surface area contributed by atoms with Crippen LogP contribution >= 0.6 is 0 Å². The van der Waals surface area contributed by atoms with E-state index in [2.05, 4.69) is 36.6 Å². The van der Waals surface area contributed by atoms with E-state index in [4.69, 9.17) is 14.9 Å². The van der Waals surface area contributed by atoms with Crippen LogP contribution in [0.25, 0.3) is 0 Å². The highest BCUT2D eigenvalue weighted by Crippen LogP contribution is 2.19. The number of unbranched alkanes of at least 4 members (excludes halogenated alkanes) is 28. The van der Waals surface area contributed by atoms with E-state index in [1.807, 2.05) is 0 Å². The molecule has 0 aliphatic carbocycles. The smallest absolute Gasteiger partial charge is 0.328 e. The molecule has 0 saturated heterocycles. The number of aliphatic carboxylic acids is 1. The fourth-order valence-electron chi connectivity index (χ4n) is 7.30. The van der Waals surface area contributed by atoms with E-state index in [0.717, 1.165) is 70.6 Å². The van der Waals surface area contributed by atoms with Gasteiger partial charge in [-0.05, 0) is 64.2 Å². The predicted octanol–water partition coefficient (Wildman–Crippen LogP) is 12.2. The van der Waals surface area contributed by atoms with E-state index in [-0.39, 0.29) is 24.5 Å². The topological polar surface area (TPSA) is 142 Å². The third kappa shape index (κ3) is 40.2. The van der Waals surface area contributed by atoms with Crippen LogP contribution in [0.3, 0.4) is 0 Å². The molecule has 0 aromatic heterocycles. The van der Waals surface area contributed by atoms with Gasteiger partial charge in [0.2, 0.25) is 11.8 Å². The Morgan fingerprint density at radius 2 is 0.895 bits per heavy atom. The Labute approximate surface area is 350 Å². The van der Waals surface area contributed by atoms with Gasteiger partial charge in [-0.1, -0.05) is 180 Å². The second-order valence-corrected chi connectivity index (χ2v) is 16.6. The summed E-state index contributed by atoms with van der Waals surface area (Å²) in [5, 5.41) is 22.6. The van der Waals surface area contributed by atoms with Crippen LogP contribution < -0.4 is 10.6 Å². The van der Waals surface area contributed by atoms with Gasteiger partial charge in [0.1, 0.15) is 12.1 Å². The second-order valence-electron chi connectivity index (χ2n) is 16.6. The largest absolute Gasteiger partial charge is 0.480 e. The normalized spacial score (nSPS) is 12.5. The van der Waals surface area contributed by atoms with Crippen LogP contribution in [0.4, 0.5) is 0 Å². The number of aliphatic hydroxyl groups is 1. The van der Waals surface area contributed by atoms with Gasteiger partial charge in [-0.15, -0.1) is 0 Å². The molecule has 334 valence electrons. The maximum absolute atomic E-state index is 12.8. The first-order valence-corrected chi connectivity index (χ1v) is 24.1. The molecule has 9 nitrogen and oxygen atoms in total. The van der Waals surface area contributed by atoms with Gasteiger partial charge in [-0.3, -0.25) is 14.4 Å². The minimum Gasteiger partial charge on any atom is -0.480 e. The summed E-state index contributed by atoms with van der Waals surface area (Å²) in [7, 11) is 0. The van der Waals surface area contributed by atoms with E-state index >= 15 is 0 Å². The number of carbonyl (C=O) groups excluding carboxylic acids is 3. The van der Waals surface area contributed by atoms with Gasteiger partial charge in [-0.2, -0.15) is 0 Å². The number of ether oxygens (including phenoxy) is 1. The lowest BCUT2D eigenvalue weighted by Crippen LogP contribution is -2.47. The standard InChI is InChI=1S/C48H90N2O7/c1-3-5-7-9-11-13-15-17-19-20-22-24-26-29-33-37-43(57-47(54)40-36-32-27-25-23-21-18-16-14-12-10-8-6-4-2)38-34-30-28-31-35-39-45(52)49-41-46(53)50-44(42-51)48(55)56/h20,22,43-44,51H,3-19,21,23-42H2,1-2H3,(H,49,52)(H,50,53)(H,55,56)/b22-20-. The summed E-state index contributed by atoms with van der Waals surface area (Å²) >= 11 is 0. The molecule has 2 atom stereocenters. The lowest BCUT2D eigenvalue weighted by atomic mass is 10.0. The number of hydrogen-bond acceptors (Lipinski definition) is 6. The van der Waals surface area contributed by atoms with Crippen LogP contribution in [0.2, 0.25) is 0 Å². The molecule has 0 saturated carbocycles. The molecule has 0 aromatic rings. The maximum atomic E-state index is 12.8. The molecule has 0 aliphatic rings. The number of allylic oxidation sites excluding steroid dienone is 2. The molecule has 0 heterocycles. The van der Waals surface area contributed by atoms with Crippen molar-refractivity contribution in [1.82, 2.24) is 10.6 Å². The Morgan fingerprint density at radius 1 is 0.509 bits per heavy atom. The summed E-state index contributed by atoms with van der Waals surface area (Å²) in [4.78, 5) is 47.7. The Kier molecular flexibility index (Phi) is 41.3. The number of aliphatic hydroxyl groups excluding tert-OH is 1. The number of carbonyl (C=O) groups is 4. The third-order valence-electron chi connectivity index (χ3n) is 11.0. The van der Waals surface area contributed by atoms with Crippen molar-refractivity contribution < 1.29 is 34.1 Å². The molecule has 0 aliphatic heterocycles. The highest BCUT2D eigenvalue weighted by atomic mass is 16.5. The summed E-state index contributed by atoms with van der Waals surface area (Å²) in [6.45, 7) is 3.51. The van der Waals surface area contributed by atoms with E-state index in [9.17, 15) is 19.2 Å². The van der Waals surface area contributed by atoms with Crippen molar-refractivity contribution >= 4 is 23.8 Å². The monoisotopic (exact) mass is 807 g/mol. The van der Waals surface area contributed by atoms with Gasteiger partial charge in [-0.25, -0.2) is 4.79 Å². The zero-order valence-electron chi connectivity index (χ0n) is 37.1. The second kappa shape index (κ2) is 43.2. The minimum atomic E-state index is -1.38. The summed E-state index contributed by atoms with van der Waals surface area (Å²) < 4.78 is 6.05. The predicted molar refractivity (Wildman–Crippen MR) is 236 cm³/mol. The first-order valence-electron chi connectivity index (χ1n) is 24.1. The molecule has 4 N–H and O–H groups in total. The number of hydrogen-bond donors (Lipinski definition) is 4. The van der Waals surface area contributed by atoms with Crippen molar-refractivity contribution in [2.24, 2.45) is 0 Å². The van der Waals surface area contributed by atoms with Gasteiger partial charge in [0.15, 0.2) is 0 Å². The summed E-state index contributed by atoms with van der Waals surface area (Å²) in [6, 6.07) is -1.38. The van der Waals surface area contributed by atoms with Crippen LogP contribution in [0, 0.1) is 0 Å². The van der Waals surface area contributed by atoms with E-state index in [1.165, 1.54) is 141 Å². The van der Waals surface area contributed by atoms with Crippen molar-refractivity contribution in [3.63, 3.8) is 0 Å². The first-order chi connectivity index (χ1) is 27.8. The highest BCUT2D eigenvalue weighted by Gasteiger charge is 2.19. The molecule has 0 radical (unpaired) electrons.